The molecule has 0 heterocycles. The van der Waals surface area contributed by atoms with Crippen LogP contribution in [0.15, 0.2) is 24.8 Å². The van der Waals surface area contributed by atoms with E-state index >= 15 is 0 Å². The number of methoxy groups -OCH3 is 1. The van der Waals surface area contributed by atoms with Gasteiger partial charge in [-0.05, 0) is 38.5 Å². The Labute approximate surface area is 112 Å². The van der Waals surface area contributed by atoms with Crippen LogP contribution in [0.5, 0.6) is 0 Å². The van der Waals surface area contributed by atoms with Crippen LogP contribution < -0.4 is 0 Å². The lowest BCUT2D eigenvalue weighted by molar-refractivity contribution is -0.140. The molecule has 18 heavy (non-hydrogen) atoms. The van der Waals surface area contributed by atoms with Crippen molar-refractivity contribution in [1.29, 1.82) is 0 Å². The standard InChI is InChI=1S/C16H28O2/c1-5-6-11-15(14(2)3)12-9-7-8-10-13-16(17)18-4/h5,15H,1-2,6-13H2,3-4H3. The summed E-state index contributed by atoms with van der Waals surface area (Å²) in [5.41, 5.74) is 1.28. The fourth-order valence-corrected chi connectivity index (χ4v) is 2.07. The second-order valence-electron chi connectivity index (χ2n) is 4.94. The van der Waals surface area contributed by atoms with Gasteiger partial charge >= 0.3 is 5.97 Å². The van der Waals surface area contributed by atoms with Crippen LogP contribution in [-0.2, 0) is 9.53 Å². The minimum absolute atomic E-state index is 0.0965. The Hall–Kier alpha value is -1.05. The van der Waals surface area contributed by atoms with Crippen molar-refractivity contribution in [2.24, 2.45) is 5.92 Å². The van der Waals surface area contributed by atoms with Crippen LogP contribution in [0.1, 0.15) is 58.3 Å². The fraction of sp³-hybridized carbons (Fsp3) is 0.688. The Bertz CT molecular complexity index is 256. The summed E-state index contributed by atoms with van der Waals surface area (Å²) in [6.45, 7) is 9.94. The number of hydrogen-bond donors (Lipinski definition) is 0. The van der Waals surface area contributed by atoms with Gasteiger partial charge in [-0.25, -0.2) is 0 Å². The van der Waals surface area contributed by atoms with Crippen molar-refractivity contribution in [2.45, 2.75) is 58.3 Å². The van der Waals surface area contributed by atoms with Gasteiger partial charge in [-0.3, -0.25) is 4.79 Å². The van der Waals surface area contributed by atoms with Crippen molar-refractivity contribution in [3.05, 3.63) is 24.8 Å². The quantitative estimate of drug-likeness (QED) is 0.304. The van der Waals surface area contributed by atoms with E-state index in [2.05, 4.69) is 24.8 Å². The number of allylic oxidation sites excluding steroid dienone is 2. The molecule has 2 nitrogen and oxygen atoms in total. The largest absolute Gasteiger partial charge is 0.469 e. The number of unbranched alkanes of at least 4 members (excludes halogenated alkanes) is 3. The number of ether oxygens (including phenoxy) is 1. The highest BCUT2D eigenvalue weighted by Crippen LogP contribution is 2.22. The van der Waals surface area contributed by atoms with Gasteiger partial charge in [0.05, 0.1) is 7.11 Å². The number of carbonyl (C=O) groups is 1. The van der Waals surface area contributed by atoms with E-state index in [1.54, 1.807) is 0 Å². The number of hydrogen-bond acceptors (Lipinski definition) is 2. The molecule has 0 saturated heterocycles. The molecule has 104 valence electrons. The molecular weight excluding hydrogens is 224 g/mol. The summed E-state index contributed by atoms with van der Waals surface area (Å²) in [4.78, 5) is 10.9. The molecule has 0 radical (unpaired) electrons. The molecule has 0 aliphatic carbocycles. The zero-order valence-electron chi connectivity index (χ0n) is 12.0. The van der Waals surface area contributed by atoms with E-state index in [0.717, 1.165) is 19.3 Å². The Morgan fingerprint density at radius 2 is 1.89 bits per heavy atom. The summed E-state index contributed by atoms with van der Waals surface area (Å²) in [6, 6.07) is 0. The molecule has 0 N–H and O–H groups in total. The SMILES string of the molecule is C=CCCC(CCCCCCC(=O)OC)C(=C)C. The Morgan fingerprint density at radius 1 is 1.22 bits per heavy atom. The maximum atomic E-state index is 10.9. The van der Waals surface area contributed by atoms with Crippen molar-refractivity contribution < 1.29 is 9.53 Å². The maximum Gasteiger partial charge on any atom is 0.305 e. The minimum atomic E-state index is -0.0965. The van der Waals surface area contributed by atoms with Gasteiger partial charge in [0.1, 0.15) is 0 Å². The molecule has 0 aliphatic rings. The van der Waals surface area contributed by atoms with Crippen LogP contribution >= 0.6 is 0 Å². The molecule has 1 atom stereocenters. The van der Waals surface area contributed by atoms with Gasteiger partial charge in [0.25, 0.3) is 0 Å². The summed E-state index contributed by atoms with van der Waals surface area (Å²) >= 11 is 0. The monoisotopic (exact) mass is 252 g/mol. The topological polar surface area (TPSA) is 26.3 Å². The van der Waals surface area contributed by atoms with Gasteiger partial charge in [-0.2, -0.15) is 0 Å². The van der Waals surface area contributed by atoms with E-state index in [-0.39, 0.29) is 5.97 Å². The van der Waals surface area contributed by atoms with Crippen molar-refractivity contribution >= 4 is 5.97 Å². The first-order chi connectivity index (χ1) is 8.61. The second-order valence-corrected chi connectivity index (χ2v) is 4.94. The van der Waals surface area contributed by atoms with Crippen LogP contribution in [-0.4, -0.2) is 13.1 Å². The van der Waals surface area contributed by atoms with E-state index in [1.165, 1.54) is 38.4 Å². The van der Waals surface area contributed by atoms with Crippen molar-refractivity contribution in [1.82, 2.24) is 0 Å². The lowest BCUT2D eigenvalue weighted by Gasteiger charge is -2.15. The molecule has 1 unspecified atom stereocenters. The Kier molecular flexibility index (Phi) is 10.4. The molecule has 0 rings (SSSR count). The maximum absolute atomic E-state index is 10.9. The van der Waals surface area contributed by atoms with Gasteiger partial charge in [0.2, 0.25) is 0 Å². The third-order valence-corrected chi connectivity index (χ3v) is 3.33. The van der Waals surface area contributed by atoms with Crippen molar-refractivity contribution in [2.75, 3.05) is 7.11 Å². The third-order valence-electron chi connectivity index (χ3n) is 3.33. The van der Waals surface area contributed by atoms with Crippen molar-refractivity contribution in [3.8, 4) is 0 Å². The summed E-state index contributed by atoms with van der Waals surface area (Å²) < 4.78 is 4.61. The number of esters is 1. The normalized spacial score (nSPS) is 11.9. The first kappa shape index (κ1) is 16.9. The summed E-state index contributed by atoms with van der Waals surface area (Å²) in [6.07, 6.45) is 10.4. The van der Waals surface area contributed by atoms with Gasteiger partial charge < -0.3 is 4.74 Å². The van der Waals surface area contributed by atoms with Crippen molar-refractivity contribution in [3.63, 3.8) is 0 Å². The van der Waals surface area contributed by atoms with Gasteiger partial charge in [0, 0.05) is 6.42 Å². The van der Waals surface area contributed by atoms with Gasteiger partial charge in [0.15, 0.2) is 0 Å². The molecule has 0 aromatic carbocycles. The molecule has 0 saturated carbocycles. The molecule has 0 bridgehead atoms. The zero-order chi connectivity index (χ0) is 13.8. The van der Waals surface area contributed by atoms with Crippen LogP contribution in [0.3, 0.4) is 0 Å². The highest BCUT2D eigenvalue weighted by atomic mass is 16.5. The van der Waals surface area contributed by atoms with Crippen LogP contribution in [0.4, 0.5) is 0 Å². The first-order valence-corrected chi connectivity index (χ1v) is 6.95. The van der Waals surface area contributed by atoms with E-state index in [1.807, 2.05) is 6.08 Å². The van der Waals surface area contributed by atoms with E-state index < -0.39 is 0 Å². The minimum Gasteiger partial charge on any atom is -0.469 e. The molecular formula is C16H28O2. The van der Waals surface area contributed by atoms with Crippen LogP contribution in [0, 0.1) is 5.92 Å². The third kappa shape index (κ3) is 9.03. The predicted octanol–water partition coefficient (Wildman–Crippen LogP) is 4.66. The molecule has 0 aliphatic heterocycles. The molecule has 0 aromatic heterocycles. The summed E-state index contributed by atoms with van der Waals surface area (Å²) in [5, 5.41) is 0. The summed E-state index contributed by atoms with van der Waals surface area (Å²) in [5.74, 6) is 0.532. The average Bonchev–Trinajstić information content (AvgIpc) is 2.36. The second kappa shape index (κ2) is 11.1. The van der Waals surface area contributed by atoms with E-state index in [4.69, 9.17) is 0 Å². The molecule has 0 fully saturated rings. The molecule has 2 heteroatoms. The molecule has 0 amide bonds. The number of carbonyl (C=O) groups excluding carboxylic acids is 1. The Morgan fingerprint density at radius 3 is 2.44 bits per heavy atom. The molecule has 0 spiro atoms. The smallest absolute Gasteiger partial charge is 0.305 e. The fourth-order valence-electron chi connectivity index (χ4n) is 2.07. The Balaban J connectivity index is 3.57. The van der Waals surface area contributed by atoms with Crippen LogP contribution in [0.2, 0.25) is 0 Å². The predicted molar refractivity (Wildman–Crippen MR) is 77.5 cm³/mol. The first-order valence-electron chi connectivity index (χ1n) is 6.95. The van der Waals surface area contributed by atoms with E-state index in [0.29, 0.717) is 12.3 Å². The summed E-state index contributed by atoms with van der Waals surface area (Å²) in [7, 11) is 1.44. The highest BCUT2D eigenvalue weighted by Gasteiger charge is 2.08. The van der Waals surface area contributed by atoms with Crippen LogP contribution in [0.25, 0.3) is 0 Å². The van der Waals surface area contributed by atoms with Gasteiger partial charge in [-0.1, -0.05) is 37.5 Å². The van der Waals surface area contributed by atoms with E-state index in [9.17, 15) is 4.79 Å². The van der Waals surface area contributed by atoms with Gasteiger partial charge in [-0.15, -0.1) is 6.58 Å². The number of rotatable bonds is 11. The lowest BCUT2D eigenvalue weighted by atomic mass is 9.90. The lowest BCUT2D eigenvalue weighted by Crippen LogP contribution is -2.02. The average molecular weight is 252 g/mol. The highest BCUT2D eigenvalue weighted by molar-refractivity contribution is 5.68. The molecule has 0 aromatic rings. The zero-order valence-corrected chi connectivity index (χ0v) is 12.0.